The molecule has 3 rings (SSSR count). The van der Waals surface area contributed by atoms with Crippen LogP contribution in [0.4, 0.5) is 5.69 Å². The number of hydrogen-bond donors (Lipinski definition) is 3. The minimum atomic E-state index is -0.481. The smallest absolute Gasteiger partial charge is 0.251 e. The van der Waals surface area contributed by atoms with Gasteiger partial charge in [0, 0.05) is 24.2 Å². The number of anilines is 1. The second-order valence-electron chi connectivity index (χ2n) is 6.51. The molecule has 3 N–H and O–H groups in total. The molecule has 0 radical (unpaired) electrons. The molecule has 0 aliphatic carbocycles. The maximum Gasteiger partial charge on any atom is 0.251 e. The average Bonchev–Trinajstić information content (AvgIpc) is 3.40. The number of carbonyl (C=O) groups excluding carboxylic acids is 4. The summed E-state index contributed by atoms with van der Waals surface area (Å²) in [6.07, 6.45) is 2.88. The van der Waals surface area contributed by atoms with Crippen molar-refractivity contribution in [1.82, 2.24) is 16.0 Å². The normalized spacial score (nSPS) is 13.2. The summed E-state index contributed by atoms with van der Waals surface area (Å²) >= 11 is 0. The fraction of sp³-hybridized carbons (Fsp3) is 0.300. The van der Waals surface area contributed by atoms with Gasteiger partial charge in [0.1, 0.15) is 5.76 Å². The fourth-order valence-electron chi connectivity index (χ4n) is 2.88. The van der Waals surface area contributed by atoms with Crippen LogP contribution < -0.4 is 20.9 Å². The molecule has 0 saturated carbocycles. The van der Waals surface area contributed by atoms with E-state index in [-0.39, 0.29) is 31.4 Å². The third kappa shape index (κ3) is 5.68. The predicted octanol–water partition coefficient (Wildman–Crippen LogP) is 0.569. The van der Waals surface area contributed by atoms with Crippen molar-refractivity contribution in [3.05, 3.63) is 54.0 Å². The Morgan fingerprint density at radius 3 is 2.34 bits per heavy atom. The lowest BCUT2D eigenvalue weighted by atomic mass is 10.2. The van der Waals surface area contributed by atoms with Crippen LogP contribution in [0.3, 0.4) is 0 Å². The van der Waals surface area contributed by atoms with E-state index in [1.165, 1.54) is 6.26 Å². The van der Waals surface area contributed by atoms with Gasteiger partial charge in [-0.1, -0.05) is 0 Å². The quantitative estimate of drug-likeness (QED) is 0.600. The van der Waals surface area contributed by atoms with Crippen LogP contribution in [-0.4, -0.2) is 43.3 Å². The zero-order valence-electron chi connectivity index (χ0n) is 15.8. The lowest BCUT2D eigenvalue weighted by Gasteiger charge is -2.15. The lowest BCUT2D eigenvalue weighted by molar-refractivity contribution is -0.125. The SMILES string of the molecule is O=C(CNC(=O)CNC(=O)c1ccc(N2CCCC2=O)cc1)NCc1ccco1. The van der Waals surface area contributed by atoms with Crippen LogP contribution in [0.1, 0.15) is 29.0 Å². The van der Waals surface area contributed by atoms with Crippen molar-refractivity contribution in [2.45, 2.75) is 19.4 Å². The van der Waals surface area contributed by atoms with E-state index < -0.39 is 11.8 Å². The fourth-order valence-corrected chi connectivity index (χ4v) is 2.88. The second-order valence-corrected chi connectivity index (χ2v) is 6.51. The highest BCUT2D eigenvalue weighted by atomic mass is 16.3. The number of nitrogens with one attached hydrogen (secondary N) is 3. The summed E-state index contributed by atoms with van der Waals surface area (Å²) in [5.41, 5.74) is 1.13. The summed E-state index contributed by atoms with van der Waals surface area (Å²) in [7, 11) is 0. The molecule has 1 saturated heterocycles. The Morgan fingerprint density at radius 2 is 1.69 bits per heavy atom. The summed E-state index contributed by atoms with van der Waals surface area (Å²) in [6.45, 7) is 0.460. The van der Waals surface area contributed by atoms with Gasteiger partial charge in [-0.3, -0.25) is 19.2 Å². The third-order valence-corrected chi connectivity index (χ3v) is 4.41. The summed E-state index contributed by atoms with van der Waals surface area (Å²) in [5, 5.41) is 7.53. The van der Waals surface area contributed by atoms with Crippen molar-refractivity contribution in [3.8, 4) is 0 Å². The van der Waals surface area contributed by atoms with E-state index in [2.05, 4.69) is 16.0 Å². The van der Waals surface area contributed by atoms with Crippen molar-refractivity contribution >= 4 is 29.3 Å². The lowest BCUT2D eigenvalue weighted by Crippen LogP contribution is -2.41. The molecule has 2 aromatic rings. The van der Waals surface area contributed by atoms with E-state index in [1.54, 1.807) is 41.3 Å². The van der Waals surface area contributed by atoms with Crippen molar-refractivity contribution in [2.24, 2.45) is 0 Å². The van der Waals surface area contributed by atoms with E-state index in [4.69, 9.17) is 4.42 Å². The molecule has 1 aliphatic heterocycles. The first-order chi connectivity index (χ1) is 14.0. The van der Waals surface area contributed by atoms with Crippen LogP contribution >= 0.6 is 0 Å². The Labute approximate surface area is 167 Å². The Hall–Kier alpha value is -3.62. The summed E-state index contributed by atoms with van der Waals surface area (Å²) in [4.78, 5) is 49.1. The van der Waals surface area contributed by atoms with Gasteiger partial charge in [-0.05, 0) is 42.8 Å². The van der Waals surface area contributed by atoms with Crippen LogP contribution in [0.25, 0.3) is 0 Å². The molecule has 1 aromatic heterocycles. The first kappa shape index (κ1) is 20.1. The number of hydrogen-bond acceptors (Lipinski definition) is 5. The highest BCUT2D eigenvalue weighted by Crippen LogP contribution is 2.21. The van der Waals surface area contributed by atoms with Gasteiger partial charge in [-0.15, -0.1) is 0 Å². The molecule has 4 amide bonds. The van der Waals surface area contributed by atoms with Gasteiger partial charge in [0.2, 0.25) is 17.7 Å². The molecule has 0 atom stereocenters. The molecule has 9 heteroatoms. The van der Waals surface area contributed by atoms with Gasteiger partial charge in [0.05, 0.1) is 25.9 Å². The minimum Gasteiger partial charge on any atom is -0.467 e. The Morgan fingerprint density at radius 1 is 0.966 bits per heavy atom. The van der Waals surface area contributed by atoms with Gasteiger partial charge in [0.15, 0.2) is 0 Å². The van der Waals surface area contributed by atoms with Crippen molar-refractivity contribution in [1.29, 1.82) is 0 Å². The molecule has 1 aliphatic rings. The molecule has 1 aromatic carbocycles. The van der Waals surface area contributed by atoms with Crippen molar-refractivity contribution in [3.63, 3.8) is 0 Å². The summed E-state index contributed by atoms with van der Waals surface area (Å²) < 4.78 is 5.09. The summed E-state index contributed by atoms with van der Waals surface area (Å²) in [6, 6.07) is 10.1. The Bertz CT molecular complexity index is 877. The second kappa shape index (κ2) is 9.54. The largest absolute Gasteiger partial charge is 0.467 e. The van der Waals surface area contributed by atoms with E-state index in [1.807, 2.05) is 0 Å². The van der Waals surface area contributed by atoms with Gasteiger partial charge in [-0.25, -0.2) is 0 Å². The molecule has 152 valence electrons. The topological polar surface area (TPSA) is 121 Å². The Kier molecular flexibility index (Phi) is 6.62. The maximum atomic E-state index is 12.2. The molecule has 0 bridgehead atoms. The molecule has 29 heavy (non-hydrogen) atoms. The summed E-state index contributed by atoms with van der Waals surface area (Å²) in [5.74, 6) is -0.579. The van der Waals surface area contributed by atoms with Gasteiger partial charge in [0.25, 0.3) is 5.91 Å². The first-order valence-electron chi connectivity index (χ1n) is 9.27. The highest BCUT2D eigenvalue weighted by molar-refractivity contribution is 5.98. The standard InChI is InChI=1S/C20H22N4O5/c25-17(21-11-16-3-2-10-29-16)12-22-18(26)13-23-20(28)14-5-7-15(8-6-14)24-9-1-4-19(24)27/h2-3,5-8,10H,1,4,9,11-13H2,(H,21,25)(H,22,26)(H,23,28). The number of furan rings is 1. The van der Waals surface area contributed by atoms with Crippen molar-refractivity contribution in [2.75, 3.05) is 24.5 Å². The number of rotatable bonds is 8. The van der Waals surface area contributed by atoms with Crippen molar-refractivity contribution < 1.29 is 23.6 Å². The Balaban J connectivity index is 1.37. The monoisotopic (exact) mass is 398 g/mol. The zero-order chi connectivity index (χ0) is 20.6. The van der Waals surface area contributed by atoms with Crippen LogP contribution in [0.2, 0.25) is 0 Å². The maximum absolute atomic E-state index is 12.2. The molecule has 1 fully saturated rings. The molecule has 0 spiro atoms. The minimum absolute atomic E-state index is 0.0760. The molecular formula is C20H22N4O5. The first-order valence-corrected chi connectivity index (χ1v) is 9.27. The molecule has 2 heterocycles. The average molecular weight is 398 g/mol. The number of carbonyl (C=O) groups is 4. The number of benzene rings is 1. The highest BCUT2D eigenvalue weighted by Gasteiger charge is 2.21. The molecular weight excluding hydrogens is 376 g/mol. The predicted molar refractivity (Wildman–Crippen MR) is 104 cm³/mol. The third-order valence-electron chi connectivity index (χ3n) is 4.41. The van der Waals surface area contributed by atoms with Gasteiger partial charge >= 0.3 is 0 Å². The van der Waals surface area contributed by atoms with E-state index in [0.717, 1.165) is 12.1 Å². The van der Waals surface area contributed by atoms with E-state index in [9.17, 15) is 19.2 Å². The van der Waals surface area contributed by atoms with E-state index in [0.29, 0.717) is 24.3 Å². The number of nitrogens with zero attached hydrogens (tertiary/aromatic N) is 1. The van der Waals surface area contributed by atoms with Crippen LogP contribution in [-0.2, 0) is 20.9 Å². The van der Waals surface area contributed by atoms with Crippen LogP contribution in [0.5, 0.6) is 0 Å². The number of amides is 4. The van der Waals surface area contributed by atoms with Gasteiger partial charge in [-0.2, -0.15) is 0 Å². The van der Waals surface area contributed by atoms with Crippen LogP contribution in [0.15, 0.2) is 47.1 Å². The van der Waals surface area contributed by atoms with E-state index >= 15 is 0 Å². The molecule has 9 nitrogen and oxygen atoms in total. The van der Waals surface area contributed by atoms with Gasteiger partial charge < -0.3 is 25.3 Å². The van der Waals surface area contributed by atoms with Crippen LogP contribution in [0, 0.1) is 0 Å². The molecule has 0 unspecified atom stereocenters. The zero-order valence-corrected chi connectivity index (χ0v) is 15.8.